The third-order valence-electron chi connectivity index (χ3n) is 8.91. The first-order chi connectivity index (χ1) is 20.2. The number of piperazine rings is 1. The summed E-state index contributed by atoms with van der Waals surface area (Å²) in [5.41, 5.74) is 2.39. The molecule has 5 rings (SSSR count). The minimum atomic E-state index is -0.998. The first-order valence-electron chi connectivity index (χ1n) is 14.9. The van der Waals surface area contributed by atoms with Gasteiger partial charge >= 0.3 is 0 Å². The number of carbonyl (C=O) groups excluding carboxylic acids is 3. The molecule has 2 fully saturated rings. The standard InChI is InChI=1S/C32H42FN5O4/c1-22-17-37(27(16-35-22)18-36-11-13-42-20-23(36)2)19-30(40)38-21-32(3,31(41)34-10-12-39)28-9-6-25(15-29(28)38)14-24-4-7-26(33)8-5-24/h4-9,12,15,22-23,27,35H,10-11,13-14,16-21H2,1-3H3,(H,34,41)/t22?,23?,27-,32?/m1/s1. The maximum absolute atomic E-state index is 14.1. The topological polar surface area (TPSA) is 94.2 Å². The van der Waals surface area contributed by atoms with Gasteiger partial charge in [-0.25, -0.2) is 4.39 Å². The Morgan fingerprint density at radius 2 is 1.90 bits per heavy atom. The molecule has 9 nitrogen and oxygen atoms in total. The molecule has 2 amide bonds. The molecule has 3 aliphatic heterocycles. The highest BCUT2D eigenvalue weighted by atomic mass is 19.1. The number of hydrogen-bond donors (Lipinski definition) is 2. The lowest BCUT2D eigenvalue weighted by molar-refractivity contribution is -0.127. The summed E-state index contributed by atoms with van der Waals surface area (Å²) in [5, 5.41) is 6.28. The van der Waals surface area contributed by atoms with E-state index in [0.717, 1.165) is 49.5 Å². The summed E-state index contributed by atoms with van der Waals surface area (Å²) >= 11 is 0. The summed E-state index contributed by atoms with van der Waals surface area (Å²) in [4.78, 5) is 44.9. The summed E-state index contributed by atoms with van der Waals surface area (Å²) in [7, 11) is 0. The predicted molar refractivity (Wildman–Crippen MR) is 159 cm³/mol. The van der Waals surface area contributed by atoms with Crippen LogP contribution in [0.3, 0.4) is 0 Å². The molecule has 3 aliphatic rings. The molecule has 2 aromatic carbocycles. The number of rotatable bonds is 9. The first kappa shape index (κ1) is 30.3. The maximum atomic E-state index is 14.1. The van der Waals surface area contributed by atoms with Gasteiger partial charge in [0, 0.05) is 56.5 Å². The van der Waals surface area contributed by atoms with Crippen molar-refractivity contribution in [1.29, 1.82) is 0 Å². The smallest absolute Gasteiger partial charge is 0.241 e. The number of morpholine rings is 1. The molecule has 42 heavy (non-hydrogen) atoms. The second kappa shape index (κ2) is 13.0. The van der Waals surface area contributed by atoms with Crippen molar-refractivity contribution in [3.05, 3.63) is 65.0 Å². The Morgan fingerprint density at radius 3 is 2.64 bits per heavy atom. The molecular formula is C32H42FN5O4. The second-order valence-corrected chi connectivity index (χ2v) is 12.2. The molecule has 0 saturated carbocycles. The zero-order valence-electron chi connectivity index (χ0n) is 24.8. The molecule has 0 aromatic heterocycles. The first-order valence-corrected chi connectivity index (χ1v) is 14.9. The lowest BCUT2D eigenvalue weighted by Gasteiger charge is -2.43. The monoisotopic (exact) mass is 579 g/mol. The lowest BCUT2D eigenvalue weighted by atomic mass is 9.83. The van der Waals surface area contributed by atoms with Crippen LogP contribution in [0.4, 0.5) is 10.1 Å². The van der Waals surface area contributed by atoms with Gasteiger partial charge in [-0.1, -0.05) is 24.3 Å². The van der Waals surface area contributed by atoms with Crippen LogP contribution in [0.5, 0.6) is 0 Å². The van der Waals surface area contributed by atoms with Crippen molar-refractivity contribution in [1.82, 2.24) is 20.4 Å². The van der Waals surface area contributed by atoms with Crippen molar-refractivity contribution in [3.8, 4) is 0 Å². The van der Waals surface area contributed by atoms with Gasteiger partial charge in [0.15, 0.2) is 0 Å². The fourth-order valence-electron chi connectivity index (χ4n) is 6.42. The van der Waals surface area contributed by atoms with Crippen LogP contribution in [0.1, 0.15) is 37.5 Å². The number of benzene rings is 2. The summed E-state index contributed by atoms with van der Waals surface area (Å²) in [6.07, 6.45) is 1.23. The third-order valence-corrected chi connectivity index (χ3v) is 8.91. The van der Waals surface area contributed by atoms with Crippen molar-refractivity contribution < 1.29 is 23.5 Å². The number of anilines is 1. The molecule has 3 unspecified atom stereocenters. The van der Waals surface area contributed by atoms with Crippen LogP contribution in [0, 0.1) is 5.82 Å². The van der Waals surface area contributed by atoms with E-state index in [0.29, 0.717) is 31.0 Å². The van der Waals surface area contributed by atoms with Gasteiger partial charge in [0.2, 0.25) is 11.8 Å². The molecule has 10 heteroatoms. The molecule has 0 spiro atoms. The van der Waals surface area contributed by atoms with Gasteiger partial charge in [-0.05, 0) is 62.1 Å². The number of ether oxygens (including phenoxy) is 1. The normalized spacial score (nSPS) is 26.6. The van der Waals surface area contributed by atoms with E-state index in [9.17, 15) is 18.8 Å². The Balaban J connectivity index is 1.40. The van der Waals surface area contributed by atoms with Crippen molar-refractivity contribution in [2.24, 2.45) is 0 Å². The van der Waals surface area contributed by atoms with E-state index in [1.54, 1.807) is 17.0 Å². The molecule has 2 saturated heterocycles. The number of nitrogens with zero attached hydrogens (tertiary/aromatic N) is 3. The van der Waals surface area contributed by atoms with Crippen LogP contribution in [-0.4, -0.2) is 105 Å². The van der Waals surface area contributed by atoms with Crippen LogP contribution >= 0.6 is 0 Å². The van der Waals surface area contributed by atoms with Gasteiger partial charge in [-0.15, -0.1) is 0 Å². The van der Waals surface area contributed by atoms with Gasteiger partial charge in [-0.2, -0.15) is 0 Å². The number of amides is 2. The Kier molecular flexibility index (Phi) is 9.37. The Hall–Kier alpha value is -3.18. The molecule has 226 valence electrons. The van der Waals surface area contributed by atoms with Crippen LogP contribution in [-0.2, 0) is 31.0 Å². The molecule has 0 radical (unpaired) electrons. The molecule has 3 heterocycles. The average molecular weight is 580 g/mol. The van der Waals surface area contributed by atoms with E-state index in [1.807, 2.05) is 25.1 Å². The van der Waals surface area contributed by atoms with E-state index in [-0.39, 0.29) is 49.3 Å². The van der Waals surface area contributed by atoms with Crippen LogP contribution < -0.4 is 15.5 Å². The highest BCUT2D eigenvalue weighted by Gasteiger charge is 2.47. The van der Waals surface area contributed by atoms with Gasteiger partial charge in [0.05, 0.1) is 31.7 Å². The summed E-state index contributed by atoms with van der Waals surface area (Å²) in [6, 6.07) is 13.0. The maximum Gasteiger partial charge on any atom is 0.241 e. The molecule has 0 aliphatic carbocycles. The van der Waals surface area contributed by atoms with E-state index in [1.165, 1.54) is 12.1 Å². The lowest BCUT2D eigenvalue weighted by Crippen LogP contribution is -2.62. The molecule has 2 aromatic rings. The number of nitrogens with one attached hydrogen (secondary N) is 2. The van der Waals surface area contributed by atoms with Crippen molar-refractivity contribution in [2.45, 2.75) is 50.7 Å². The van der Waals surface area contributed by atoms with E-state index in [4.69, 9.17) is 4.74 Å². The largest absolute Gasteiger partial charge is 0.379 e. The molecule has 0 bridgehead atoms. The molecule has 2 N–H and O–H groups in total. The van der Waals surface area contributed by atoms with Gasteiger partial charge in [-0.3, -0.25) is 19.4 Å². The number of hydrogen-bond acceptors (Lipinski definition) is 7. The fourth-order valence-corrected chi connectivity index (χ4v) is 6.42. The van der Waals surface area contributed by atoms with Crippen LogP contribution in [0.2, 0.25) is 0 Å². The number of fused-ring (bicyclic) bond motifs is 1. The summed E-state index contributed by atoms with van der Waals surface area (Å²) in [6.45, 7) is 11.2. The molecular weight excluding hydrogens is 537 g/mol. The Labute approximate surface area is 247 Å². The molecule has 4 atom stereocenters. The zero-order chi connectivity index (χ0) is 29.9. The number of aldehydes is 1. The van der Waals surface area contributed by atoms with Crippen LogP contribution in [0.25, 0.3) is 0 Å². The van der Waals surface area contributed by atoms with Gasteiger partial charge in [0.1, 0.15) is 12.1 Å². The Bertz CT molecular complexity index is 1290. The summed E-state index contributed by atoms with van der Waals surface area (Å²) < 4.78 is 19.1. The van der Waals surface area contributed by atoms with E-state index < -0.39 is 5.41 Å². The highest BCUT2D eigenvalue weighted by Crippen LogP contribution is 2.42. The van der Waals surface area contributed by atoms with E-state index in [2.05, 4.69) is 34.3 Å². The van der Waals surface area contributed by atoms with Gasteiger partial charge in [0.25, 0.3) is 0 Å². The highest BCUT2D eigenvalue weighted by molar-refractivity contribution is 6.03. The third kappa shape index (κ3) is 6.57. The minimum absolute atomic E-state index is 0.0591. The predicted octanol–water partition coefficient (Wildman–Crippen LogP) is 1.72. The Morgan fingerprint density at radius 1 is 1.14 bits per heavy atom. The number of halogens is 1. The van der Waals surface area contributed by atoms with Crippen molar-refractivity contribution in [3.63, 3.8) is 0 Å². The summed E-state index contributed by atoms with van der Waals surface area (Å²) in [5.74, 6) is -0.631. The minimum Gasteiger partial charge on any atom is -0.379 e. The van der Waals surface area contributed by atoms with Gasteiger partial charge < -0.3 is 25.1 Å². The fraction of sp³-hybridized carbons (Fsp3) is 0.531. The van der Waals surface area contributed by atoms with E-state index >= 15 is 0 Å². The quantitative estimate of drug-likeness (QED) is 0.437. The van der Waals surface area contributed by atoms with Crippen molar-refractivity contribution in [2.75, 3.05) is 63.9 Å². The number of carbonyl (C=O) groups is 3. The zero-order valence-corrected chi connectivity index (χ0v) is 24.8. The van der Waals surface area contributed by atoms with Crippen molar-refractivity contribution >= 4 is 23.8 Å². The average Bonchev–Trinajstić information content (AvgIpc) is 3.28. The SMILES string of the molecule is CC1CN(CC(=O)N2CC(C)(C(=O)NCC=O)c3ccc(Cc4ccc(F)cc4)cc32)[C@@H](CN2CCOCC2C)CN1. The second-order valence-electron chi connectivity index (χ2n) is 12.2. The van der Waals surface area contributed by atoms with Crippen LogP contribution in [0.15, 0.2) is 42.5 Å².